The van der Waals surface area contributed by atoms with E-state index in [2.05, 4.69) is 27.8 Å². The molecule has 1 aliphatic heterocycles. The second kappa shape index (κ2) is 8.56. The summed E-state index contributed by atoms with van der Waals surface area (Å²) in [7, 11) is 0. The van der Waals surface area contributed by atoms with Crippen molar-refractivity contribution in [3.05, 3.63) is 78.1 Å². The highest BCUT2D eigenvalue weighted by atomic mass is 16.5. The van der Waals surface area contributed by atoms with Gasteiger partial charge in [0.2, 0.25) is 0 Å². The van der Waals surface area contributed by atoms with Crippen molar-refractivity contribution in [3.8, 4) is 5.75 Å². The molecule has 0 radical (unpaired) electrons. The van der Waals surface area contributed by atoms with E-state index in [4.69, 9.17) is 4.74 Å². The maximum absolute atomic E-state index is 12.2. The minimum atomic E-state index is -0.0278. The van der Waals surface area contributed by atoms with Crippen LogP contribution in [0.5, 0.6) is 5.75 Å². The molecular weight excluding hydrogens is 354 g/mol. The smallest absolute Gasteiger partial charge is 0.317 e. The summed E-state index contributed by atoms with van der Waals surface area (Å²) >= 11 is 0. The molecule has 4 rings (SSSR count). The van der Waals surface area contributed by atoms with E-state index in [1.54, 1.807) is 4.90 Å². The van der Waals surface area contributed by atoms with Crippen molar-refractivity contribution < 1.29 is 9.53 Å². The Kier molecular flexibility index (Phi) is 5.51. The van der Waals surface area contributed by atoms with Crippen LogP contribution in [0.1, 0.15) is 17.3 Å². The zero-order valence-corrected chi connectivity index (χ0v) is 15.6. The first-order valence-corrected chi connectivity index (χ1v) is 9.43. The van der Waals surface area contributed by atoms with E-state index in [1.807, 2.05) is 59.4 Å². The Morgan fingerprint density at radius 3 is 2.54 bits per heavy atom. The van der Waals surface area contributed by atoms with Gasteiger partial charge in [-0.3, -0.25) is 0 Å². The minimum Gasteiger partial charge on any atom is -0.487 e. The number of hydrogen-bond donors (Lipinski definition) is 1. The van der Waals surface area contributed by atoms with Crippen molar-refractivity contribution in [2.24, 2.45) is 0 Å². The zero-order chi connectivity index (χ0) is 19.2. The number of likely N-dealkylation sites (tertiary alicyclic amines) is 1. The van der Waals surface area contributed by atoms with Gasteiger partial charge in [0, 0.05) is 19.6 Å². The molecule has 0 atom stereocenters. The highest BCUT2D eigenvalue weighted by molar-refractivity contribution is 5.75. The molecule has 1 aromatic heterocycles. The molecule has 7 nitrogen and oxygen atoms in total. The van der Waals surface area contributed by atoms with Gasteiger partial charge in [-0.1, -0.05) is 53.7 Å². The Morgan fingerprint density at radius 1 is 1.07 bits per heavy atom. The lowest BCUT2D eigenvalue weighted by Crippen LogP contribution is -2.54. The number of carbonyl (C=O) groups is 1. The van der Waals surface area contributed by atoms with Crippen LogP contribution < -0.4 is 10.1 Å². The van der Waals surface area contributed by atoms with E-state index < -0.39 is 0 Å². The van der Waals surface area contributed by atoms with Gasteiger partial charge < -0.3 is 15.0 Å². The normalized spacial score (nSPS) is 13.8. The van der Waals surface area contributed by atoms with Gasteiger partial charge >= 0.3 is 6.03 Å². The number of ether oxygens (including phenoxy) is 1. The average molecular weight is 377 g/mol. The third-order valence-corrected chi connectivity index (χ3v) is 4.74. The van der Waals surface area contributed by atoms with E-state index in [1.165, 1.54) is 5.56 Å². The molecule has 7 heteroatoms. The van der Waals surface area contributed by atoms with Gasteiger partial charge in [-0.25, -0.2) is 9.48 Å². The lowest BCUT2D eigenvalue weighted by Gasteiger charge is -2.38. The number of nitrogens with zero attached hydrogens (tertiary/aromatic N) is 4. The quantitative estimate of drug-likeness (QED) is 0.687. The molecule has 28 heavy (non-hydrogen) atoms. The van der Waals surface area contributed by atoms with Crippen LogP contribution in [0.15, 0.2) is 66.9 Å². The molecule has 2 heterocycles. The van der Waals surface area contributed by atoms with Crippen LogP contribution in [0, 0.1) is 0 Å². The SMILES string of the molecule is O=C(NCCc1ccccc1)N1CC(n2cc(COc3ccccc3)nn2)C1. The van der Waals surface area contributed by atoms with Crippen LogP contribution in [-0.2, 0) is 13.0 Å². The van der Waals surface area contributed by atoms with Crippen LogP contribution in [0.25, 0.3) is 0 Å². The Hall–Kier alpha value is -3.35. The van der Waals surface area contributed by atoms with Gasteiger partial charge in [-0.05, 0) is 24.1 Å². The standard InChI is InChI=1S/C21H23N5O2/c27-21(22-12-11-17-7-3-1-4-8-17)25-14-19(15-25)26-13-18(23-24-26)16-28-20-9-5-2-6-10-20/h1-10,13,19H,11-12,14-16H2,(H,22,27). The number of amides is 2. The summed E-state index contributed by atoms with van der Waals surface area (Å²) in [5.74, 6) is 0.805. The Balaban J connectivity index is 1.18. The summed E-state index contributed by atoms with van der Waals surface area (Å²) in [4.78, 5) is 14.0. The van der Waals surface area contributed by atoms with Crippen LogP contribution >= 0.6 is 0 Å². The number of urea groups is 1. The fourth-order valence-corrected chi connectivity index (χ4v) is 3.09. The number of nitrogens with one attached hydrogen (secondary N) is 1. The maximum atomic E-state index is 12.2. The lowest BCUT2D eigenvalue weighted by atomic mass is 10.1. The average Bonchev–Trinajstić information content (AvgIpc) is 3.15. The molecule has 2 amide bonds. The van der Waals surface area contributed by atoms with E-state index in [-0.39, 0.29) is 12.1 Å². The maximum Gasteiger partial charge on any atom is 0.317 e. The van der Waals surface area contributed by atoms with Gasteiger partial charge in [0.1, 0.15) is 18.1 Å². The number of benzene rings is 2. The van der Waals surface area contributed by atoms with Crippen LogP contribution in [0.3, 0.4) is 0 Å². The first kappa shape index (κ1) is 18.0. The van der Waals surface area contributed by atoms with Crippen LogP contribution in [0.4, 0.5) is 4.79 Å². The predicted molar refractivity (Wildman–Crippen MR) is 105 cm³/mol. The van der Waals surface area contributed by atoms with Crippen molar-refractivity contribution in [3.63, 3.8) is 0 Å². The first-order chi connectivity index (χ1) is 13.8. The molecule has 144 valence electrons. The van der Waals surface area contributed by atoms with E-state index in [0.29, 0.717) is 26.2 Å². The topological polar surface area (TPSA) is 72.3 Å². The largest absolute Gasteiger partial charge is 0.487 e. The number of hydrogen-bond acceptors (Lipinski definition) is 4. The fraction of sp³-hybridized carbons (Fsp3) is 0.286. The van der Waals surface area contributed by atoms with Gasteiger partial charge in [0.25, 0.3) is 0 Å². The summed E-state index contributed by atoms with van der Waals surface area (Å²) in [5, 5.41) is 11.3. The molecule has 0 bridgehead atoms. The molecule has 1 saturated heterocycles. The van der Waals surface area contributed by atoms with Crippen LogP contribution in [-0.4, -0.2) is 45.6 Å². The van der Waals surface area contributed by atoms with Crippen LogP contribution in [0.2, 0.25) is 0 Å². The number of para-hydroxylation sites is 1. The van der Waals surface area contributed by atoms with E-state index >= 15 is 0 Å². The molecule has 0 spiro atoms. The summed E-state index contributed by atoms with van der Waals surface area (Å²) in [6, 6.07) is 19.9. The van der Waals surface area contributed by atoms with E-state index in [0.717, 1.165) is 17.9 Å². The third kappa shape index (κ3) is 4.49. The summed E-state index contributed by atoms with van der Waals surface area (Å²) in [6.07, 6.45) is 2.72. The van der Waals surface area contributed by atoms with Gasteiger partial charge in [-0.15, -0.1) is 5.10 Å². The lowest BCUT2D eigenvalue weighted by molar-refractivity contribution is 0.117. The minimum absolute atomic E-state index is 0.0278. The fourth-order valence-electron chi connectivity index (χ4n) is 3.09. The molecule has 0 saturated carbocycles. The van der Waals surface area contributed by atoms with E-state index in [9.17, 15) is 4.79 Å². The van der Waals surface area contributed by atoms with Gasteiger partial charge in [0.15, 0.2) is 0 Å². The number of aromatic nitrogens is 3. The molecule has 3 aromatic rings. The molecule has 0 aliphatic carbocycles. The van der Waals surface area contributed by atoms with Gasteiger partial charge in [0.05, 0.1) is 12.2 Å². The number of carbonyl (C=O) groups excluding carboxylic acids is 1. The molecule has 0 unspecified atom stereocenters. The van der Waals surface area contributed by atoms with Gasteiger partial charge in [-0.2, -0.15) is 0 Å². The van der Waals surface area contributed by atoms with Crippen molar-refractivity contribution >= 4 is 6.03 Å². The Labute approximate surface area is 163 Å². The number of rotatable bonds is 7. The highest BCUT2D eigenvalue weighted by Crippen LogP contribution is 2.20. The second-order valence-electron chi connectivity index (χ2n) is 6.82. The molecule has 1 N–H and O–H groups in total. The van der Waals surface area contributed by atoms with Crippen molar-refractivity contribution in [1.29, 1.82) is 0 Å². The molecule has 1 aliphatic rings. The third-order valence-electron chi connectivity index (χ3n) is 4.74. The van der Waals surface area contributed by atoms with Crippen molar-refractivity contribution in [2.45, 2.75) is 19.1 Å². The first-order valence-electron chi connectivity index (χ1n) is 9.43. The summed E-state index contributed by atoms with van der Waals surface area (Å²) in [6.45, 7) is 2.29. The summed E-state index contributed by atoms with van der Waals surface area (Å²) in [5.41, 5.74) is 1.99. The Bertz CT molecular complexity index is 891. The zero-order valence-electron chi connectivity index (χ0n) is 15.6. The Morgan fingerprint density at radius 2 is 1.79 bits per heavy atom. The molecular formula is C21H23N5O2. The summed E-state index contributed by atoms with van der Waals surface area (Å²) < 4.78 is 7.50. The van der Waals surface area contributed by atoms with Crippen molar-refractivity contribution in [2.75, 3.05) is 19.6 Å². The monoisotopic (exact) mass is 377 g/mol. The molecule has 2 aromatic carbocycles. The second-order valence-corrected chi connectivity index (χ2v) is 6.82. The predicted octanol–water partition coefficient (Wildman–Crippen LogP) is 2.67. The van der Waals surface area contributed by atoms with Crippen molar-refractivity contribution in [1.82, 2.24) is 25.2 Å². The molecule has 1 fully saturated rings. The highest BCUT2D eigenvalue weighted by Gasteiger charge is 2.32.